The highest BCUT2D eigenvalue weighted by Crippen LogP contribution is 2.23. The second kappa shape index (κ2) is 6.27. The van der Waals surface area contributed by atoms with Crippen LogP contribution in [0.3, 0.4) is 0 Å². The van der Waals surface area contributed by atoms with Crippen LogP contribution in [0.5, 0.6) is 0 Å². The molecule has 0 aromatic heterocycles. The molecule has 0 spiro atoms. The fraction of sp³-hybridized carbons (Fsp3) is 0.200. The van der Waals surface area contributed by atoms with Gasteiger partial charge in [-0.25, -0.2) is 0 Å². The number of carbonyl (C=O) groups excluding carboxylic acids is 2. The Bertz CT molecular complexity index is 423. The van der Waals surface area contributed by atoms with Gasteiger partial charge in [0.25, 0.3) is 0 Å². The standard InChI is InChI=1S/C10H8ClNO2.Al.ClH.3H/c11-5-9(13)6-1-2-8-7(3-6)4-10(14)12-8;;;;;/h1-3H,4-5H2,(H,12,14);;1H;;;. The Morgan fingerprint density at radius 2 is 2.12 bits per heavy atom. The summed E-state index contributed by atoms with van der Waals surface area (Å²) in [5.41, 5.74) is 2.22. The Labute approximate surface area is 115 Å². The predicted octanol–water partition coefficient (Wildman–Crippen LogP) is 0.841. The van der Waals surface area contributed by atoms with Gasteiger partial charge < -0.3 is 5.32 Å². The zero-order valence-electron chi connectivity index (χ0n) is 7.75. The maximum atomic E-state index is 11.3. The number of nitrogens with one attached hydrogen (secondary N) is 1. The van der Waals surface area contributed by atoms with E-state index in [1.165, 1.54) is 0 Å². The molecule has 1 aromatic rings. The molecule has 0 radical (unpaired) electrons. The van der Waals surface area contributed by atoms with Crippen molar-refractivity contribution in [3.05, 3.63) is 29.3 Å². The molecule has 0 aliphatic carbocycles. The first-order chi connectivity index (χ1) is 6.70. The number of amides is 1. The number of rotatable bonds is 2. The van der Waals surface area contributed by atoms with Gasteiger partial charge in [0.1, 0.15) is 0 Å². The van der Waals surface area contributed by atoms with Gasteiger partial charge in [0.05, 0.1) is 12.3 Å². The Kier molecular flexibility index (Phi) is 6.06. The van der Waals surface area contributed by atoms with Gasteiger partial charge in [-0.2, -0.15) is 0 Å². The van der Waals surface area contributed by atoms with Crippen molar-refractivity contribution < 1.29 is 9.59 Å². The number of hydrogen-bond acceptors (Lipinski definition) is 2. The summed E-state index contributed by atoms with van der Waals surface area (Å²) in [5.74, 6) is -0.176. The molecule has 1 heterocycles. The van der Waals surface area contributed by atoms with Crippen LogP contribution >= 0.6 is 24.0 Å². The van der Waals surface area contributed by atoms with Crippen LogP contribution in [0.1, 0.15) is 15.9 Å². The molecule has 16 heavy (non-hydrogen) atoms. The summed E-state index contributed by atoms with van der Waals surface area (Å²) in [4.78, 5) is 22.3. The molecule has 1 N–H and O–H groups in total. The summed E-state index contributed by atoms with van der Waals surface area (Å²) >= 11 is 5.43. The molecule has 0 unspecified atom stereocenters. The van der Waals surface area contributed by atoms with Crippen LogP contribution in [-0.4, -0.2) is 34.9 Å². The van der Waals surface area contributed by atoms with Crippen molar-refractivity contribution in [3.8, 4) is 0 Å². The molecule has 1 aliphatic heterocycles. The maximum Gasteiger partial charge on any atom is 0.228 e. The molecule has 0 atom stereocenters. The van der Waals surface area contributed by atoms with Crippen molar-refractivity contribution in [3.63, 3.8) is 0 Å². The highest BCUT2D eigenvalue weighted by atomic mass is 35.5. The van der Waals surface area contributed by atoms with Crippen molar-refractivity contribution in [2.24, 2.45) is 0 Å². The number of hydrogen-bond donors (Lipinski definition) is 1. The average molecular weight is 276 g/mol. The number of benzene rings is 1. The molecule has 0 bridgehead atoms. The summed E-state index contributed by atoms with van der Waals surface area (Å²) in [6.45, 7) is 0. The van der Waals surface area contributed by atoms with Gasteiger partial charge >= 0.3 is 0 Å². The number of anilines is 1. The fourth-order valence-corrected chi connectivity index (χ4v) is 1.63. The molecule has 86 valence electrons. The van der Waals surface area contributed by atoms with E-state index in [1.54, 1.807) is 18.2 Å². The largest absolute Gasteiger partial charge is 0.326 e. The number of halogens is 2. The summed E-state index contributed by atoms with van der Waals surface area (Å²) in [7, 11) is 0. The first-order valence-electron chi connectivity index (χ1n) is 4.22. The van der Waals surface area contributed by atoms with Gasteiger partial charge in [-0.15, -0.1) is 24.0 Å². The van der Waals surface area contributed by atoms with E-state index < -0.39 is 0 Å². The third-order valence-electron chi connectivity index (χ3n) is 2.17. The number of fused-ring (bicyclic) bond motifs is 1. The lowest BCUT2D eigenvalue weighted by Gasteiger charge is -2.00. The van der Waals surface area contributed by atoms with Crippen LogP contribution in [0, 0.1) is 0 Å². The molecule has 0 saturated carbocycles. The number of ketones is 1. The van der Waals surface area contributed by atoms with Crippen molar-refractivity contribution in [1.29, 1.82) is 0 Å². The van der Waals surface area contributed by atoms with Crippen LogP contribution < -0.4 is 5.32 Å². The van der Waals surface area contributed by atoms with Crippen LogP contribution in [0.2, 0.25) is 0 Å². The molecule has 1 aliphatic rings. The molecule has 3 nitrogen and oxygen atoms in total. The first-order valence-corrected chi connectivity index (χ1v) is 4.76. The minimum atomic E-state index is -0.117. The quantitative estimate of drug-likeness (QED) is 0.494. The Morgan fingerprint density at radius 3 is 2.75 bits per heavy atom. The highest BCUT2D eigenvalue weighted by Gasteiger charge is 2.18. The van der Waals surface area contributed by atoms with Crippen molar-refractivity contribution >= 4 is 58.7 Å². The molecule has 1 amide bonds. The third-order valence-corrected chi connectivity index (χ3v) is 2.42. The average Bonchev–Trinajstić information content (AvgIpc) is 2.55. The van der Waals surface area contributed by atoms with Crippen molar-refractivity contribution in [2.75, 3.05) is 11.2 Å². The van der Waals surface area contributed by atoms with E-state index >= 15 is 0 Å². The molecular formula is C10H12AlCl2NO2. The van der Waals surface area contributed by atoms with Crippen molar-refractivity contribution in [2.45, 2.75) is 6.42 Å². The van der Waals surface area contributed by atoms with Crippen LogP contribution in [0.4, 0.5) is 5.69 Å². The van der Waals surface area contributed by atoms with Crippen LogP contribution in [-0.2, 0) is 11.2 Å². The first kappa shape index (κ1) is 15.5. The van der Waals surface area contributed by atoms with Crippen LogP contribution in [0.15, 0.2) is 18.2 Å². The molecule has 6 heteroatoms. The van der Waals surface area contributed by atoms with E-state index in [0.717, 1.165) is 11.3 Å². The molecule has 0 fully saturated rings. The highest BCUT2D eigenvalue weighted by molar-refractivity contribution is 6.30. The Hall–Kier alpha value is -0.528. The summed E-state index contributed by atoms with van der Waals surface area (Å²) in [6.07, 6.45) is 0.346. The van der Waals surface area contributed by atoms with Gasteiger partial charge in [0.15, 0.2) is 23.1 Å². The van der Waals surface area contributed by atoms with Gasteiger partial charge in [-0.05, 0) is 23.8 Å². The minimum absolute atomic E-state index is 0. The molecule has 2 rings (SSSR count). The topological polar surface area (TPSA) is 46.2 Å². The lowest BCUT2D eigenvalue weighted by Crippen LogP contribution is -2.03. The van der Waals surface area contributed by atoms with Gasteiger partial charge in [-0.1, -0.05) is 0 Å². The van der Waals surface area contributed by atoms with E-state index in [-0.39, 0.29) is 47.3 Å². The molecule has 1 aromatic carbocycles. The van der Waals surface area contributed by atoms with Crippen LogP contribution in [0.25, 0.3) is 0 Å². The number of alkyl halides is 1. The minimum Gasteiger partial charge on any atom is -0.326 e. The fourth-order valence-electron chi connectivity index (χ4n) is 1.48. The van der Waals surface area contributed by atoms with Gasteiger partial charge in [0.2, 0.25) is 5.91 Å². The Balaban J connectivity index is 0.00000112. The van der Waals surface area contributed by atoms with E-state index in [0.29, 0.717) is 12.0 Å². The summed E-state index contributed by atoms with van der Waals surface area (Å²) in [6, 6.07) is 5.13. The monoisotopic (exact) mass is 275 g/mol. The Morgan fingerprint density at radius 1 is 1.44 bits per heavy atom. The van der Waals surface area contributed by atoms with E-state index in [9.17, 15) is 9.59 Å². The van der Waals surface area contributed by atoms with E-state index in [1.807, 2.05) is 0 Å². The normalized spacial score (nSPS) is 11.9. The SMILES string of the molecule is Cl.O=C1Cc2cc(C(=O)CCl)ccc2N1.[AlH3]. The predicted molar refractivity (Wildman–Crippen MR) is 71.0 cm³/mol. The molecule has 0 saturated heterocycles. The second-order valence-electron chi connectivity index (χ2n) is 3.15. The lowest BCUT2D eigenvalue weighted by molar-refractivity contribution is -0.115. The van der Waals surface area contributed by atoms with Gasteiger partial charge in [-0.3, -0.25) is 9.59 Å². The van der Waals surface area contributed by atoms with Gasteiger partial charge in [0, 0.05) is 11.3 Å². The zero-order valence-corrected chi connectivity index (χ0v) is 9.32. The third kappa shape index (κ3) is 2.99. The number of Topliss-reactive ketones (excluding diaryl/α,β-unsaturated/α-hetero) is 1. The lowest BCUT2D eigenvalue weighted by atomic mass is 10.1. The number of carbonyl (C=O) groups is 2. The smallest absolute Gasteiger partial charge is 0.228 e. The summed E-state index contributed by atoms with van der Waals surface area (Å²) < 4.78 is 0. The van der Waals surface area contributed by atoms with Crippen molar-refractivity contribution in [1.82, 2.24) is 0 Å². The van der Waals surface area contributed by atoms with E-state index in [2.05, 4.69) is 5.32 Å². The maximum absolute atomic E-state index is 11.3. The van der Waals surface area contributed by atoms with E-state index in [4.69, 9.17) is 11.6 Å². The second-order valence-corrected chi connectivity index (χ2v) is 3.42. The zero-order chi connectivity index (χ0) is 10.1. The molecular weight excluding hydrogens is 264 g/mol. The summed E-state index contributed by atoms with van der Waals surface area (Å²) in [5, 5.41) is 2.70.